The molecule has 0 aromatic rings. The number of ether oxygens (including phenoxy) is 1. The van der Waals surface area contributed by atoms with Gasteiger partial charge >= 0.3 is 5.97 Å². The van der Waals surface area contributed by atoms with Gasteiger partial charge in [0.15, 0.2) is 0 Å². The molecule has 0 rings (SSSR count). The van der Waals surface area contributed by atoms with Crippen LogP contribution in [-0.2, 0) is 9.53 Å². The van der Waals surface area contributed by atoms with E-state index in [0.717, 1.165) is 19.0 Å². The molecular formula is C12H21NO5. The lowest BCUT2D eigenvalue weighted by Crippen LogP contribution is -2.34. The number of methoxy groups -OCH3 is 1. The van der Waals surface area contributed by atoms with Gasteiger partial charge in [0.05, 0.1) is 18.5 Å². The van der Waals surface area contributed by atoms with Crippen LogP contribution in [0.4, 0.5) is 0 Å². The Balaban J connectivity index is 4.89. The van der Waals surface area contributed by atoms with Gasteiger partial charge in [-0.05, 0) is 13.3 Å². The summed E-state index contributed by atoms with van der Waals surface area (Å²) in [6.07, 6.45) is 3.36. The highest BCUT2D eigenvalue weighted by Crippen LogP contribution is 2.28. The van der Waals surface area contributed by atoms with Gasteiger partial charge in [-0.1, -0.05) is 26.2 Å². The van der Waals surface area contributed by atoms with Gasteiger partial charge in [-0.15, -0.1) is 0 Å². The van der Waals surface area contributed by atoms with Crippen LogP contribution in [0.15, 0.2) is 11.8 Å². The summed E-state index contributed by atoms with van der Waals surface area (Å²) in [5.41, 5.74) is -1.32. The zero-order chi connectivity index (χ0) is 14.2. The lowest BCUT2D eigenvalue weighted by Gasteiger charge is -2.26. The average molecular weight is 259 g/mol. The van der Waals surface area contributed by atoms with Crippen molar-refractivity contribution in [3.8, 4) is 0 Å². The first-order valence-electron chi connectivity index (χ1n) is 5.97. The van der Waals surface area contributed by atoms with Crippen LogP contribution in [0.2, 0.25) is 0 Å². The summed E-state index contributed by atoms with van der Waals surface area (Å²) in [6.45, 7) is 3.47. The van der Waals surface area contributed by atoms with Gasteiger partial charge in [0, 0.05) is 5.57 Å². The van der Waals surface area contributed by atoms with Crippen molar-refractivity contribution in [3.05, 3.63) is 21.9 Å². The zero-order valence-corrected chi connectivity index (χ0v) is 11.1. The topological polar surface area (TPSA) is 89.7 Å². The number of nitrogens with zero attached hydrogens (tertiary/aromatic N) is 1. The molecule has 0 aromatic heterocycles. The lowest BCUT2D eigenvalue weighted by atomic mass is 9.86. The molecule has 0 aliphatic carbocycles. The molecule has 0 amide bonds. The number of aliphatic hydroxyl groups is 1. The number of hydrogen-bond acceptors (Lipinski definition) is 5. The van der Waals surface area contributed by atoms with Crippen molar-refractivity contribution in [1.82, 2.24) is 0 Å². The van der Waals surface area contributed by atoms with Crippen LogP contribution in [0.1, 0.15) is 46.0 Å². The smallest absolute Gasteiger partial charge is 0.308 e. The van der Waals surface area contributed by atoms with Crippen molar-refractivity contribution in [2.75, 3.05) is 7.11 Å². The number of esters is 1. The van der Waals surface area contributed by atoms with E-state index >= 15 is 0 Å². The molecule has 0 aromatic carbocycles. The van der Waals surface area contributed by atoms with Crippen molar-refractivity contribution in [3.63, 3.8) is 0 Å². The fraction of sp³-hybridized carbons (Fsp3) is 0.750. The minimum atomic E-state index is -1.49. The van der Waals surface area contributed by atoms with Crippen LogP contribution in [0.25, 0.3) is 0 Å². The molecule has 0 saturated carbocycles. The molecule has 1 N–H and O–H groups in total. The van der Waals surface area contributed by atoms with Gasteiger partial charge in [0.1, 0.15) is 5.60 Å². The fourth-order valence-corrected chi connectivity index (χ4v) is 1.68. The van der Waals surface area contributed by atoms with E-state index in [1.165, 1.54) is 14.0 Å². The Morgan fingerprint density at radius 2 is 2.11 bits per heavy atom. The minimum absolute atomic E-state index is 0.175. The standard InChI is InChI=1S/C12H21NO5/c1-4-5-6-7-12(15,8-11(14)18-3)10(2)9-13(16)17/h9,15H,4-8H2,1-3H3/b10-9+. The molecule has 0 fully saturated rings. The van der Waals surface area contributed by atoms with E-state index in [0.29, 0.717) is 12.8 Å². The second kappa shape index (κ2) is 7.81. The van der Waals surface area contributed by atoms with Crippen molar-refractivity contribution in [1.29, 1.82) is 0 Å². The second-order valence-electron chi connectivity index (χ2n) is 4.34. The van der Waals surface area contributed by atoms with E-state index < -0.39 is 16.5 Å². The Bertz CT molecular complexity index is 326. The first-order valence-corrected chi connectivity index (χ1v) is 5.97. The molecule has 1 unspecified atom stereocenters. The summed E-state index contributed by atoms with van der Waals surface area (Å²) >= 11 is 0. The number of nitro groups is 1. The second-order valence-corrected chi connectivity index (χ2v) is 4.34. The first-order chi connectivity index (χ1) is 8.35. The quantitative estimate of drug-likeness (QED) is 0.312. The molecule has 0 aliphatic rings. The van der Waals surface area contributed by atoms with Crippen LogP contribution in [0.3, 0.4) is 0 Å². The maximum absolute atomic E-state index is 11.3. The molecule has 0 aliphatic heterocycles. The first kappa shape index (κ1) is 16.6. The van der Waals surface area contributed by atoms with E-state index in [1.54, 1.807) is 0 Å². The third kappa shape index (κ3) is 5.77. The van der Waals surface area contributed by atoms with Gasteiger partial charge in [0.2, 0.25) is 6.20 Å². The summed E-state index contributed by atoms with van der Waals surface area (Å²) in [7, 11) is 1.22. The molecule has 6 heteroatoms. The molecule has 0 radical (unpaired) electrons. The normalized spacial score (nSPS) is 15.0. The summed E-state index contributed by atoms with van der Waals surface area (Å²) < 4.78 is 4.51. The Morgan fingerprint density at radius 3 is 2.56 bits per heavy atom. The fourth-order valence-electron chi connectivity index (χ4n) is 1.68. The van der Waals surface area contributed by atoms with Crippen LogP contribution < -0.4 is 0 Å². The van der Waals surface area contributed by atoms with Crippen molar-refractivity contribution in [2.24, 2.45) is 0 Å². The SMILES string of the molecule is CCCCCC(O)(CC(=O)OC)/C(C)=C/[N+](=O)[O-]. The van der Waals surface area contributed by atoms with Crippen molar-refractivity contribution in [2.45, 2.75) is 51.6 Å². The van der Waals surface area contributed by atoms with E-state index in [-0.39, 0.29) is 12.0 Å². The highest BCUT2D eigenvalue weighted by molar-refractivity contribution is 5.71. The van der Waals surface area contributed by atoms with E-state index in [9.17, 15) is 20.0 Å². The Hall–Kier alpha value is -1.43. The van der Waals surface area contributed by atoms with Gasteiger partial charge in [-0.3, -0.25) is 14.9 Å². The van der Waals surface area contributed by atoms with Crippen LogP contribution in [-0.4, -0.2) is 28.7 Å². The minimum Gasteiger partial charge on any atom is -0.469 e. The number of carbonyl (C=O) groups excluding carboxylic acids is 1. The molecule has 104 valence electrons. The van der Waals surface area contributed by atoms with E-state index in [4.69, 9.17) is 0 Å². The third-order valence-corrected chi connectivity index (χ3v) is 2.89. The van der Waals surface area contributed by atoms with Crippen LogP contribution >= 0.6 is 0 Å². The lowest BCUT2D eigenvalue weighted by molar-refractivity contribution is -0.404. The Labute approximate surface area is 107 Å². The predicted octanol–water partition coefficient (Wildman–Crippen LogP) is 2.04. The molecular weight excluding hydrogens is 238 g/mol. The molecule has 18 heavy (non-hydrogen) atoms. The number of rotatable bonds is 8. The number of hydrogen-bond donors (Lipinski definition) is 1. The predicted molar refractivity (Wildman–Crippen MR) is 66.5 cm³/mol. The van der Waals surface area contributed by atoms with Gasteiger partial charge < -0.3 is 9.84 Å². The third-order valence-electron chi connectivity index (χ3n) is 2.89. The molecule has 0 bridgehead atoms. The van der Waals surface area contributed by atoms with Gasteiger partial charge in [-0.2, -0.15) is 0 Å². The van der Waals surface area contributed by atoms with Crippen molar-refractivity contribution >= 4 is 5.97 Å². The van der Waals surface area contributed by atoms with Crippen LogP contribution in [0.5, 0.6) is 0 Å². The zero-order valence-electron chi connectivity index (χ0n) is 11.1. The monoisotopic (exact) mass is 259 g/mol. The molecule has 0 heterocycles. The summed E-state index contributed by atoms with van der Waals surface area (Å²) in [6, 6.07) is 0. The average Bonchev–Trinajstić information content (AvgIpc) is 2.28. The van der Waals surface area contributed by atoms with Gasteiger partial charge in [0.25, 0.3) is 0 Å². The summed E-state index contributed by atoms with van der Waals surface area (Å²) in [5.74, 6) is -0.579. The number of unbranched alkanes of at least 4 members (excludes halogenated alkanes) is 2. The van der Waals surface area contributed by atoms with Crippen LogP contribution in [0, 0.1) is 10.1 Å². The maximum Gasteiger partial charge on any atom is 0.308 e. The molecule has 0 saturated heterocycles. The Kier molecular flexibility index (Phi) is 7.19. The molecule has 0 spiro atoms. The van der Waals surface area contributed by atoms with Gasteiger partial charge in [-0.25, -0.2) is 0 Å². The summed E-state index contributed by atoms with van der Waals surface area (Å²) in [5, 5.41) is 20.8. The summed E-state index contributed by atoms with van der Waals surface area (Å²) in [4.78, 5) is 21.1. The highest BCUT2D eigenvalue weighted by Gasteiger charge is 2.33. The van der Waals surface area contributed by atoms with Crippen molar-refractivity contribution < 1.29 is 19.6 Å². The number of carbonyl (C=O) groups is 1. The van der Waals surface area contributed by atoms with E-state index in [2.05, 4.69) is 4.74 Å². The highest BCUT2D eigenvalue weighted by atomic mass is 16.6. The molecule has 6 nitrogen and oxygen atoms in total. The maximum atomic E-state index is 11.3. The van der Waals surface area contributed by atoms with E-state index in [1.807, 2.05) is 6.92 Å². The Morgan fingerprint density at radius 1 is 1.50 bits per heavy atom. The largest absolute Gasteiger partial charge is 0.469 e. The molecule has 1 atom stereocenters.